The molecule has 0 unspecified atom stereocenters. The van der Waals surface area contributed by atoms with E-state index in [1.165, 1.54) is 0 Å². The summed E-state index contributed by atoms with van der Waals surface area (Å²) in [6, 6.07) is 71.7. The fourth-order valence-electron chi connectivity index (χ4n) is 7.38. The van der Waals surface area contributed by atoms with E-state index in [-0.39, 0.29) is 0 Å². The standard InChI is InChI=1S/C50H36N6/c1-5-13-39(14-6-1)55(40-15-7-2-8-16-40)43-27-21-35(22-28-43)49-51-45-31-25-37(33-47(45)53-49)38-26-32-46-48(34-38)54-50(52-46)36-23-29-44(30-24-36)56(41-17-9-3-10-18-41)42-19-11-4-12-20-42/h1-34H,(H,51,53)(H,52,54). The minimum absolute atomic E-state index is 0.837. The molecule has 0 atom stereocenters. The zero-order valence-corrected chi connectivity index (χ0v) is 30.4. The molecule has 10 aromatic rings. The van der Waals surface area contributed by atoms with Crippen LogP contribution in [0, 0.1) is 0 Å². The highest BCUT2D eigenvalue weighted by Crippen LogP contribution is 2.37. The Morgan fingerprint density at radius 3 is 0.893 bits per heavy atom. The van der Waals surface area contributed by atoms with Crippen LogP contribution in [0.2, 0.25) is 0 Å². The minimum Gasteiger partial charge on any atom is -0.338 e. The lowest BCUT2D eigenvalue weighted by Gasteiger charge is -2.25. The molecule has 10 rings (SSSR count). The van der Waals surface area contributed by atoms with Gasteiger partial charge in [0.15, 0.2) is 0 Å². The van der Waals surface area contributed by atoms with Crippen LogP contribution in [0.15, 0.2) is 206 Å². The molecular weight excluding hydrogens is 685 g/mol. The average molecular weight is 721 g/mol. The maximum absolute atomic E-state index is 5.03. The Morgan fingerprint density at radius 1 is 0.286 bits per heavy atom. The number of aromatic nitrogens is 4. The van der Waals surface area contributed by atoms with Crippen molar-refractivity contribution in [2.75, 3.05) is 9.80 Å². The number of benzene rings is 8. The van der Waals surface area contributed by atoms with Gasteiger partial charge in [-0.3, -0.25) is 0 Å². The second kappa shape index (κ2) is 14.3. The van der Waals surface area contributed by atoms with E-state index in [1.807, 2.05) is 24.3 Å². The van der Waals surface area contributed by atoms with Crippen LogP contribution in [0.1, 0.15) is 0 Å². The fraction of sp³-hybridized carbons (Fsp3) is 0. The highest BCUT2D eigenvalue weighted by molar-refractivity contribution is 5.89. The number of rotatable bonds is 9. The summed E-state index contributed by atoms with van der Waals surface area (Å²) in [6.07, 6.45) is 0. The summed E-state index contributed by atoms with van der Waals surface area (Å²) in [5.41, 5.74) is 14.6. The predicted molar refractivity (Wildman–Crippen MR) is 231 cm³/mol. The Kier molecular flexibility index (Phi) is 8.39. The quantitative estimate of drug-likeness (QED) is 0.156. The molecule has 2 aromatic heterocycles. The first-order valence-corrected chi connectivity index (χ1v) is 18.7. The van der Waals surface area contributed by atoms with Gasteiger partial charge in [0.05, 0.1) is 22.1 Å². The number of H-pyrrole nitrogens is 2. The highest BCUT2D eigenvalue weighted by atomic mass is 15.1. The monoisotopic (exact) mass is 720 g/mol. The molecule has 0 bridgehead atoms. The highest BCUT2D eigenvalue weighted by Gasteiger charge is 2.15. The van der Waals surface area contributed by atoms with Crippen molar-refractivity contribution < 1.29 is 0 Å². The molecule has 6 heteroatoms. The first-order valence-electron chi connectivity index (χ1n) is 18.7. The Bertz CT molecular complexity index is 2600. The third kappa shape index (κ3) is 6.35. The van der Waals surface area contributed by atoms with Crippen LogP contribution < -0.4 is 9.80 Å². The molecule has 0 aliphatic rings. The van der Waals surface area contributed by atoms with Gasteiger partial charge in [-0.15, -0.1) is 0 Å². The lowest BCUT2D eigenvalue weighted by molar-refractivity contribution is 1.28. The summed E-state index contributed by atoms with van der Waals surface area (Å²) >= 11 is 0. The topological polar surface area (TPSA) is 63.8 Å². The number of imidazole rings is 2. The molecule has 0 amide bonds. The van der Waals surface area contributed by atoms with E-state index in [1.54, 1.807) is 0 Å². The second-order valence-corrected chi connectivity index (χ2v) is 13.7. The number of aromatic amines is 2. The van der Waals surface area contributed by atoms with E-state index in [9.17, 15) is 0 Å². The molecule has 8 aromatic carbocycles. The molecule has 0 aliphatic carbocycles. The molecule has 56 heavy (non-hydrogen) atoms. The van der Waals surface area contributed by atoms with E-state index >= 15 is 0 Å². The molecule has 266 valence electrons. The zero-order chi connectivity index (χ0) is 37.3. The van der Waals surface area contributed by atoms with Crippen LogP contribution in [-0.2, 0) is 0 Å². The van der Waals surface area contributed by atoms with Crippen molar-refractivity contribution in [3.05, 3.63) is 206 Å². The Hall–Kier alpha value is -7.70. The summed E-state index contributed by atoms with van der Waals surface area (Å²) in [6.45, 7) is 0. The van der Waals surface area contributed by atoms with Gasteiger partial charge in [0, 0.05) is 45.3 Å². The maximum atomic E-state index is 5.03. The van der Waals surface area contributed by atoms with Gasteiger partial charge in [0.2, 0.25) is 0 Å². The molecule has 0 saturated heterocycles. The van der Waals surface area contributed by atoms with Gasteiger partial charge in [-0.2, -0.15) is 0 Å². The van der Waals surface area contributed by atoms with Gasteiger partial charge in [0.25, 0.3) is 0 Å². The molecule has 0 fully saturated rings. The van der Waals surface area contributed by atoms with Crippen molar-refractivity contribution in [3.8, 4) is 33.9 Å². The van der Waals surface area contributed by atoms with Gasteiger partial charge in [0.1, 0.15) is 11.6 Å². The first-order chi connectivity index (χ1) is 27.7. The maximum Gasteiger partial charge on any atom is 0.138 e. The van der Waals surface area contributed by atoms with Crippen molar-refractivity contribution >= 4 is 56.2 Å². The molecule has 2 N–H and O–H groups in total. The third-order valence-electron chi connectivity index (χ3n) is 10.2. The molecule has 0 aliphatic heterocycles. The van der Waals surface area contributed by atoms with Crippen LogP contribution in [0.5, 0.6) is 0 Å². The van der Waals surface area contributed by atoms with E-state index in [0.717, 1.165) is 90.1 Å². The van der Waals surface area contributed by atoms with E-state index < -0.39 is 0 Å². The van der Waals surface area contributed by atoms with Gasteiger partial charge in [-0.05, 0) is 132 Å². The molecule has 2 heterocycles. The van der Waals surface area contributed by atoms with E-state index in [4.69, 9.17) is 9.97 Å². The summed E-state index contributed by atoms with van der Waals surface area (Å²) in [5, 5.41) is 0. The van der Waals surface area contributed by atoms with Gasteiger partial charge < -0.3 is 19.8 Å². The van der Waals surface area contributed by atoms with Crippen LogP contribution in [0.3, 0.4) is 0 Å². The average Bonchev–Trinajstić information content (AvgIpc) is 3.90. The van der Waals surface area contributed by atoms with E-state index in [0.29, 0.717) is 0 Å². The van der Waals surface area contributed by atoms with E-state index in [2.05, 4.69) is 202 Å². The summed E-state index contributed by atoms with van der Waals surface area (Å²) in [7, 11) is 0. The van der Waals surface area contributed by atoms with Gasteiger partial charge in [-0.1, -0.05) is 84.9 Å². The number of nitrogens with zero attached hydrogens (tertiary/aromatic N) is 4. The molecule has 0 spiro atoms. The number of anilines is 6. The summed E-state index contributed by atoms with van der Waals surface area (Å²) in [4.78, 5) is 21.7. The Labute approximate surface area is 325 Å². The summed E-state index contributed by atoms with van der Waals surface area (Å²) < 4.78 is 0. The molecule has 6 nitrogen and oxygen atoms in total. The smallest absolute Gasteiger partial charge is 0.138 e. The Morgan fingerprint density at radius 2 is 0.571 bits per heavy atom. The first kappa shape index (κ1) is 32.9. The van der Waals surface area contributed by atoms with Crippen molar-refractivity contribution in [1.82, 2.24) is 19.9 Å². The fourth-order valence-corrected chi connectivity index (χ4v) is 7.38. The van der Waals surface area contributed by atoms with Crippen molar-refractivity contribution in [2.45, 2.75) is 0 Å². The van der Waals surface area contributed by atoms with Crippen molar-refractivity contribution in [1.29, 1.82) is 0 Å². The normalized spacial score (nSPS) is 11.2. The van der Waals surface area contributed by atoms with Crippen LogP contribution in [0.25, 0.3) is 56.0 Å². The van der Waals surface area contributed by atoms with Crippen LogP contribution in [-0.4, -0.2) is 19.9 Å². The Balaban J connectivity index is 0.905. The number of hydrogen-bond donors (Lipinski definition) is 2. The molecule has 0 radical (unpaired) electrons. The minimum atomic E-state index is 0.837. The van der Waals surface area contributed by atoms with Crippen LogP contribution in [0.4, 0.5) is 34.1 Å². The largest absolute Gasteiger partial charge is 0.338 e. The number of nitrogens with one attached hydrogen (secondary N) is 2. The third-order valence-corrected chi connectivity index (χ3v) is 10.2. The molecular formula is C50H36N6. The lowest BCUT2D eigenvalue weighted by atomic mass is 10.0. The summed E-state index contributed by atoms with van der Waals surface area (Å²) in [5.74, 6) is 1.67. The number of hydrogen-bond acceptors (Lipinski definition) is 4. The van der Waals surface area contributed by atoms with Crippen molar-refractivity contribution in [3.63, 3.8) is 0 Å². The van der Waals surface area contributed by atoms with Gasteiger partial charge in [-0.25, -0.2) is 9.97 Å². The SMILES string of the molecule is c1ccc(N(c2ccccc2)c2ccc(-c3nc4cc(-c5ccc6[nH]c(-c7ccc(N(c8ccccc8)c8ccccc8)cc7)nc6c5)ccc4[nH]3)cc2)cc1. The van der Waals surface area contributed by atoms with Crippen molar-refractivity contribution in [2.24, 2.45) is 0 Å². The van der Waals surface area contributed by atoms with Gasteiger partial charge >= 0.3 is 0 Å². The zero-order valence-electron chi connectivity index (χ0n) is 30.4. The number of para-hydroxylation sites is 4. The molecule has 0 saturated carbocycles. The predicted octanol–water partition coefficient (Wildman–Crippen LogP) is 13.4. The second-order valence-electron chi connectivity index (χ2n) is 13.7. The number of fused-ring (bicyclic) bond motifs is 2. The lowest BCUT2D eigenvalue weighted by Crippen LogP contribution is -2.09. The van der Waals surface area contributed by atoms with Crippen LogP contribution >= 0.6 is 0 Å².